The molecule has 17 heavy (non-hydrogen) atoms. The number of hydrogen-bond donors (Lipinski definition) is 1. The number of nitrogens with zero attached hydrogens (tertiary/aromatic N) is 1. The molecule has 0 rings (SSSR count). The summed E-state index contributed by atoms with van der Waals surface area (Å²) in [6.07, 6.45) is 11.5. The molecule has 0 radical (unpaired) electrons. The number of aliphatic hydroxyl groups is 1. The Balaban J connectivity index is 3.60. The summed E-state index contributed by atoms with van der Waals surface area (Å²) in [4.78, 5) is 2.60. The highest BCUT2D eigenvalue weighted by atomic mass is 16.2. The van der Waals surface area contributed by atoms with Crippen LogP contribution in [0.5, 0.6) is 0 Å². The maximum absolute atomic E-state index is 8.82. The average molecular weight is 243 g/mol. The number of hydrogen-bond acceptors (Lipinski definition) is 2. The van der Waals surface area contributed by atoms with Gasteiger partial charge in [0.2, 0.25) is 0 Å². The Hall–Kier alpha value is -0.0800. The van der Waals surface area contributed by atoms with E-state index in [1.807, 2.05) is 0 Å². The van der Waals surface area contributed by atoms with Crippen LogP contribution in [0.3, 0.4) is 0 Å². The smallest absolute Gasteiger partial charge is 0.0431 e. The predicted octanol–water partition coefficient (Wildman–Crippen LogP) is 3.83. The minimum absolute atomic E-state index is 0.346. The quantitative estimate of drug-likeness (QED) is 0.497. The Kier molecular flexibility index (Phi) is 13.9. The maximum atomic E-state index is 8.82. The molecule has 0 aromatic rings. The highest BCUT2D eigenvalue weighted by Crippen LogP contribution is 2.05. The van der Waals surface area contributed by atoms with Gasteiger partial charge in [-0.15, -0.1) is 0 Å². The first-order chi connectivity index (χ1) is 8.35. The molecule has 2 nitrogen and oxygen atoms in total. The summed E-state index contributed by atoms with van der Waals surface area (Å²) in [5, 5.41) is 8.82. The maximum Gasteiger partial charge on any atom is 0.0431 e. The van der Waals surface area contributed by atoms with E-state index in [0.717, 1.165) is 12.8 Å². The van der Waals surface area contributed by atoms with Gasteiger partial charge in [0.15, 0.2) is 0 Å². The van der Waals surface area contributed by atoms with Crippen LogP contribution in [0, 0.1) is 0 Å². The highest BCUT2D eigenvalue weighted by Gasteiger charge is 2.03. The lowest BCUT2D eigenvalue weighted by Crippen LogP contribution is -2.27. The van der Waals surface area contributed by atoms with Crippen LogP contribution in [-0.2, 0) is 0 Å². The van der Waals surface area contributed by atoms with Crippen molar-refractivity contribution >= 4 is 0 Å². The van der Waals surface area contributed by atoms with Gasteiger partial charge in [0, 0.05) is 6.61 Å². The van der Waals surface area contributed by atoms with E-state index < -0.39 is 0 Å². The second-order valence-corrected chi connectivity index (χ2v) is 5.04. The van der Waals surface area contributed by atoms with Crippen LogP contribution < -0.4 is 0 Å². The molecule has 104 valence electrons. The molecule has 0 amide bonds. The van der Waals surface area contributed by atoms with Gasteiger partial charge in [-0.25, -0.2) is 0 Å². The summed E-state index contributed by atoms with van der Waals surface area (Å²) in [6, 6.07) is 0. The first-order valence-electron chi connectivity index (χ1n) is 7.68. The van der Waals surface area contributed by atoms with E-state index in [4.69, 9.17) is 5.11 Å². The topological polar surface area (TPSA) is 23.5 Å². The van der Waals surface area contributed by atoms with E-state index in [-0.39, 0.29) is 0 Å². The minimum atomic E-state index is 0.346. The Morgan fingerprint density at radius 1 is 0.647 bits per heavy atom. The molecule has 0 saturated heterocycles. The zero-order valence-corrected chi connectivity index (χ0v) is 12.1. The molecule has 0 atom stereocenters. The van der Waals surface area contributed by atoms with Gasteiger partial charge >= 0.3 is 0 Å². The average Bonchev–Trinajstić information content (AvgIpc) is 2.34. The van der Waals surface area contributed by atoms with Crippen molar-refractivity contribution in [3.63, 3.8) is 0 Å². The molecule has 0 aromatic heterocycles. The van der Waals surface area contributed by atoms with Gasteiger partial charge in [-0.2, -0.15) is 0 Å². The van der Waals surface area contributed by atoms with Gasteiger partial charge in [-0.1, -0.05) is 46.0 Å². The van der Waals surface area contributed by atoms with Crippen molar-refractivity contribution in [2.45, 2.75) is 71.6 Å². The lowest BCUT2D eigenvalue weighted by molar-refractivity contribution is 0.234. The Labute approximate surface area is 108 Å². The molecule has 2 heteroatoms. The van der Waals surface area contributed by atoms with E-state index in [0.29, 0.717) is 6.61 Å². The predicted molar refractivity (Wildman–Crippen MR) is 76.4 cm³/mol. The number of rotatable bonds is 13. The van der Waals surface area contributed by atoms with Crippen molar-refractivity contribution in [3.8, 4) is 0 Å². The Bertz CT molecular complexity index is 129. The fourth-order valence-corrected chi connectivity index (χ4v) is 2.13. The van der Waals surface area contributed by atoms with Crippen LogP contribution in [0.1, 0.15) is 71.6 Å². The van der Waals surface area contributed by atoms with Crippen molar-refractivity contribution in [1.29, 1.82) is 0 Å². The van der Waals surface area contributed by atoms with E-state index >= 15 is 0 Å². The molecular weight excluding hydrogens is 210 g/mol. The third kappa shape index (κ3) is 12.2. The van der Waals surface area contributed by atoms with Crippen molar-refractivity contribution in [1.82, 2.24) is 4.90 Å². The summed E-state index contributed by atoms with van der Waals surface area (Å²) in [5.74, 6) is 0. The summed E-state index contributed by atoms with van der Waals surface area (Å²) < 4.78 is 0. The van der Waals surface area contributed by atoms with Gasteiger partial charge in [-0.3, -0.25) is 0 Å². The zero-order chi connectivity index (χ0) is 12.8. The zero-order valence-electron chi connectivity index (χ0n) is 12.1. The van der Waals surface area contributed by atoms with Crippen LogP contribution in [0.25, 0.3) is 0 Å². The molecule has 0 spiro atoms. The fourth-order valence-electron chi connectivity index (χ4n) is 2.13. The molecular formula is C15H33NO. The molecule has 0 aliphatic heterocycles. The summed E-state index contributed by atoms with van der Waals surface area (Å²) >= 11 is 0. The third-order valence-corrected chi connectivity index (χ3v) is 3.29. The molecule has 0 heterocycles. The lowest BCUT2D eigenvalue weighted by Gasteiger charge is -2.22. The highest BCUT2D eigenvalue weighted by molar-refractivity contribution is 4.59. The summed E-state index contributed by atoms with van der Waals surface area (Å²) in [7, 11) is 0. The molecule has 0 unspecified atom stereocenters. The van der Waals surface area contributed by atoms with E-state index in [1.54, 1.807) is 0 Å². The standard InChI is InChI=1S/C15H33NO/c1-3-5-7-9-13-16(12-8-6-4-2)14-10-11-15-17/h17H,3-15H2,1-2H3. The second kappa shape index (κ2) is 14.0. The largest absolute Gasteiger partial charge is 0.396 e. The van der Waals surface area contributed by atoms with Crippen LogP contribution >= 0.6 is 0 Å². The molecule has 0 saturated carbocycles. The first-order valence-corrected chi connectivity index (χ1v) is 7.68. The SMILES string of the molecule is CCCCCCN(CCCCC)CCCCO. The van der Waals surface area contributed by atoms with Crippen molar-refractivity contribution in [2.24, 2.45) is 0 Å². The van der Waals surface area contributed by atoms with Gasteiger partial charge in [-0.05, 0) is 45.3 Å². The van der Waals surface area contributed by atoms with Crippen LogP contribution in [0.15, 0.2) is 0 Å². The van der Waals surface area contributed by atoms with Crippen LogP contribution in [0.2, 0.25) is 0 Å². The molecule has 0 fully saturated rings. The van der Waals surface area contributed by atoms with E-state index in [2.05, 4.69) is 18.7 Å². The van der Waals surface area contributed by atoms with Gasteiger partial charge in [0.25, 0.3) is 0 Å². The van der Waals surface area contributed by atoms with Crippen molar-refractivity contribution in [3.05, 3.63) is 0 Å². The fraction of sp³-hybridized carbons (Fsp3) is 1.00. The summed E-state index contributed by atoms with van der Waals surface area (Å²) in [5.41, 5.74) is 0. The third-order valence-electron chi connectivity index (χ3n) is 3.29. The second-order valence-electron chi connectivity index (χ2n) is 5.04. The Morgan fingerprint density at radius 2 is 1.12 bits per heavy atom. The van der Waals surface area contributed by atoms with Crippen LogP contribution in [-0.4, -0.2) is 36.2 Å². The molecule has 0 aliphatic carbocycles. The van der Waals surface area contributed by atoms with E-state index in [9.17, 15) is 0 Å². The first kappa shape index (κ1) is 16.9. The molecule has 0 bridgehead atoms. The molecule has 0 aliphatic rings. The van der Waals surface area contributed by atoms with Gasteiger partial charge < -0.3 is 10.0 Å². The monoisotopic (exact) mass is 243 g/mol. The number of unbranched alkanes of at least 4 members (excludes halogenated alkanes) is 6. The molecule has 1 N–H and O–H groups in total. The van der Waals surface area contributed by atoms with Gasteiger partial charge in [0.1, 0.15) is 0 Å². The van der Waals surface area contributed by atoms with Gasteiger partial charge in [0.05, 0.1) is 0 Å². The Morgan fingerprint density at radius 3 is 1.65 bits per heavy atom. The van der Waals surface area contributed by atoms with E-state index in [1.165, 1.54) is 64.6 Å². The normalized spacial score (nSPS) is 11.3. The van der Waals surface area contributed by atoms with Crippen LogP contribution in [0.4, 0.5) is 0 Å². The van der Waals surface area contributed by atoms with Crippen molar-refractivity contribution < 1.29 is 5.11 Å². The minimum Gasteiger partial charge on any atom is -0.396 e. The molecule has 0 aromatic carbocycles. The summed E-state index contributed by atoms with van der Waals surface area (Å²) in [6.45, 7) is 8.56. The van der Waals surface area contributed by atoms with Crippen molar-refractivity contribution in [2.75, 3.05) is 26.2 Å². The lowest BCUT2D eigenvalue weighted by atomic mass is 10.2. The number of aliphatic hydroxyl groups excluding tert-OH is 1.